The number of carboxylic acid groups (broad SMARTS) is 6. The minimum Gasteiger partial charge on any atom is -0.481 e. The number of aliphatic carboxylic acids is 6. The first-order valence-corrected chi connectivity index (χ1v) is 28.5. The monoisotopic (exact) mass is 1290 g/mol. The summed E-state index contributed by atoms with van der Waals surface area (Å²) in [5.41, 5.74) is 9.23. The molecule has 4 heterocycles. The number of ether oxygens (including phenoxy) is 4. The Bertz CT molecular complexity index is 3600. The molecular weight excluding hydrogens is 1220 g/mol. The first kappa shape index (κ1) is 74.7. The first-order valence-electron chi connectivity index (χ1n) is 28.5. The molecule has 94 heavy (non-hydrogen) atoms. The van der Waals surface area contributed by atoms with Crippen molar-refractivity contribution in [3.8, 4) is 23.0 Å². The predicted octanol–water partition coefficient (Wildman–Crippen LogP) is 9.71. The number of benzene rings is 4. The average Bonchev–Trinajstić information content (AvgIpc) is 0.824. The lowest BCUT2D eigenvalue weighted by molar-refractivity contribution is -0.143. The third kappa shape index (κ3) is 29.2. The second-order valence-electron chi connectivity index (χ2n) is 19.8. The number of methoxy groups -OCH3 is 2. The molecule has 28 heteroatoms. The number of nitrogens with zero attached hydrogens (tertiary/aromatic N) is 6. The molecule has 0 aliphatic carbocycles. The third-order valence-corrected chi connectivity index (χ3v) is 12.1. The van der Waals surface area contributed by atoms with Crippen molar-refractivity contribution in [3.63, 3.8) is 0 Å². The summed E-state index contributed by atoms with van der Waals surface area (Å²) >= 11 is 0. The smallest absolute Gasteiger partial charge is 0.303 e. The molecule has 28 nitrogen and oxygen atoms in total. The van der Waals surface area contributed by atoms with Gasteiger partial charge in [0.05, 0.1) is 62.0 Å². The number of pyridine rings is 2. The molecule has 494 valence electrons. The van der Waals surface area contributed by atoms with Crippen molar-refractivity contribution in [1.82, 2.24) is 40.5 Å². The van der Waals surface area contributed by atoms with Crippen LogP contribution in [0.3, 0.4) is 0 Å². The molecular formula is C66H72N10O18. The van der Waals surface area contributed by atoms with E-state index in [-0.39, 0.29) is 63.6 Å². The van der Waals surface area contributed by atoms with Crippen molar-refractivity contribution in [2.45, 2.75) is 66.2 Å². The lowest BCUT2D eigenvalue weighted by Crippen LogP contribution is -2.26. The number of nitrogens with one attached hydrogen (secondary N) is 4. The van der Waals surface area contributed by atoms with E-state index < -0.39 is 35.8 Å². The van der Waals surface area contributed by atoms with Gasteiger partial charge in [-0.25, -0.2) is 19.9 Å². The Kier molecular flexibility index (Phi) is 31.8. The van der Waals surface area contributed by atoms with Gasteiger partial charge in [-0.3, -0.25) is 48.3 Å². The van der Waals surface area contributed by atoms with Gasteiger partial charge in [0.2, 0.25) is 11.8 Å². The Morgan fingerprint density at radius 1 is 0.426 bits per heavy atom. The van der Waals surface area contributed by atoms with Crippen molar-refractivity contribution >= 4 is 105 Å². The van der Waals surface area contributed by atoms with Crippen LogP contribution in [0.4, 0.5) is 23.0 Å². The van der Waals surface area contributed by atoms with Crippen LogP contribution < -0.4 is 30.7 Å². The van der Waals surface area contributed by atoms with Crippen LogP contribution >= 0.6 is 0 Å². The summed E-state index contributed by atoms with van der Waals surface area (Å²) < 4.78 is 21.6. The first-order chi connectivity index (χ1) is 44.9. The van der Waals surface area contributed by atoms with Crippen LogP contribution in [0.15, 0.2) is 134 Å². The van der Waals surface area contributed by atoms with Gasteiger partial charge in [0, 0.05) is 60.8 Å². The maximum Gasteiger partial charge on any atom is 0.303 e. The van der Waals surface area contributed by atoms with E-state index in [4.69, 9.17) is 49.6 Å². The number of rotatable bonds is 27. The second-order valence-corrected chi connectivity index (χ2v) is 19.8. The topological polar surface area (TPSA) is 420 Å². The molecule has 0 aliphatic rings. The highest BCUT2D eigenvalue weighted by Gasteiger charge is 2.12. The summed E-state index contributed by atoms with van der Waals surface area (Å²) in [5.74, 6) is -2.45. The van der Waals surface area contributed by atoms with Gasteiger partial charge in [0.1, 0.15) is 60.5 Å². The Morgan fingerprint density at radius 3 is 1.07 bits per heavy atom. The molecule has 10 N–H and O–H groups in total. The summed E-state index contributed by atoms with van der Waals surface area (Å²) in [4.78, 5) is 107. The van der Waals surface area contributed by atoms with E-state index in [1.165, 1.54) is 14.2 Å². The molecule has 0 unspecified atom stereocenters. The number of hydrogen-bond donors (Lipinski definition) is 10. The van der Waals surface area contributed by atoms with Gasteiger partial charge in [-0.05, 0) is 135 Å². The molecule has 4 aromatic heterocycles. The number of carbonyl (C=O) groups excluding carboxylic acids is 2. The molecule has 0 aliphatic heterocycles. The standard InChI is InChI=1S/2C27H27N5O3.3C4H6O4/c2*1-18-13-21(8-11-25(18)35-22-9-6-19(2)29-15-22)32-27-23-14-20(7-10-24(23)30-17-31-27)5-4-12-28-26(33)16-34-3;3*5-3(6)1-2-4(7)8/h2*4-11,13-15,17H,12,16H2,1-3H3,(H,28,33)(H,30,31,32);3*1-2H2,(H,5,6)(H,7,8)/b2*5-4+;;;. The Labute approximate surface area is 539 Å². The van der Waals surface area contributed by atoms with E-state index in [0.717, 1.165) is 78.3 Å². The van der Waals surface area contributed by atoms with Gasteiger partial charge >= 0.3 is 35.8 Å². The fourth-order valence-corrected chi connectivity index (χ4v) is 7.54. The second kappa shape index (κ2) is 40.1. The van der Waals surface area contributed by atoms with Crippen molar-refractivity contribution in [3.05, 3.63) is 168 Å². The number of fused-ring (bicyclic) bond motifs is 2. The maximum absolute atomic E-state index is 11.5. The van der Waals surface area contributed by atoms with E-state index in [0.29, 0.717) is 36.2 Å². The summed E-state index contributed by atoms with van der Waals surface area (Å²) in [5, 5.41) is 61.5. The molecule has 2 amide bonds. The molecule has 0 atom stereocenters. The van der Waals surface area contributed by atoms with E-state index in [9.17, 15) is 38.4 Å². The third-order valence-electron chi connectivity index (χ3n) is 12.1. The van der Waals surface area contributed by atoms with Gasteiger partial charge in [-0.2, -0.15) is 0 Å². The fraction of sp³-hybridized carbons (Fsp3) is 0.242. The Hall–Kier alpha value is -11.8. The molecule has 8 rings (SSSR count). The Balaban J connectivity index is 0.000000297. The zero-order valence-electron chi connectivity index (χ0n) is 52.2. The van der Waals surface area contributed by atoms with Gasteiger partial charge in [-0.1, -0.05) is 36.4 Å². The average molecular weight is 1290 g/mol. The van der Waals surface area contributed by atoms with Crippen LogP contribution in [0.1, 0.15) is 72.2 Å². The van der Waals surface area contributed by atoms with Crippen molar-refractivity contribution in [2.24, 2.45) is 0 Å². The van der Waals surface area contributed by atoms with E-state index >= 15 is 0 Å². The van der Waals surface area contributed by atoms with Crippen molar-refractivity contribution in [2.75, 3.05) is 51.2 Å². The highest BCUT2D eigenvalue weighted by Crippen LogP contribution is 2.32. The summed E-state index contributed by atoms with van der Waals surface area (Å²) in [7, 11) is 2.98. The summed E-state index contributed by atoms with van der Waals surface area (Å²) in [6, 6.07) is 31.3. The maximum atomic E-state index is 11.5. The van der Waals surface area contributed by atoms with E-state index in [1.54, 1.807) is 25.0 Å². The lowest BCUT2D eigenvalue weighted by atomic mass is 10.1. The van der Waals surface area contributed by atoms with Crippen LogP contribution in [0, 0.1) is 27.7 Å². The van der Waals surface area contributed by atoms with Gasteiger partial charge in [0.25, 0.3) is 0 Å². The number of carbonyl (C=O) groups is 8. The van der Waals surface area contributed by atoms with Crippen molar-refractivity contribution < 1.29 is 87.9 Å². The molecule has 0 fully saturated rings. The van der Waals surface area contributed by atoms with E-state index in [2.05, 4.69) is 51.2 Å². The molecule has 0 bridgehead atoms. The zero-order valence-corrected chi connectivity index (χ0v) is 52.2. The number of hydrogen-bond acceptors (Lipinski definition) is 20. The van der Waals surface area contributed by atoms with Gasteiger partial charge < -0.3 is 70.9 Å². The van der Waals surface area contributed by atoms with E-state index in [1.807, 2.05) is 149 Å². The minimum atomic E-state index is -1.08. The summed E-state index contributed by atoms with van der Waals surface area (Å²) in [6.45, 7) is 8.80. The molecule has 0 saturated carbocycles. The highest BCUT2D eigenvalue weighted by atomic mass is 16.5. The highest BCUT2D eigenvalue weighted by molar-refractivity contribution is 5.93. The number of anilines is 4. The van der Waals surface area contributed by atoms with Crippen LogP contribution in [0.25, 0.3) is 34.0 Å². The SMILES string of the molecule is COCC(=O)NC/C=C/c1ccc2ncnc(Nc3ccc(Oc4ccc(C)nc4)c(C)c3)c2c1.COCC(=O)NC/C=C/c1ccc2ncnc(Nc3ccc(Oc4ccc(C)nc4)c(C)c3)c2c1.O=C(O)CCC(=O)O.O=C(O)CCC(=O)O.O=C(O)CCC(=O)O. The predicted molar refractivity (Wildman–Crippen MR) is 347 cm³/mol. The normalized spacial score (nSPS) is 10.4. The van der Waals surface area contributed by atoms with Crippen LogP contribution in [-0.4, -0.2) is 149 Å². The molecule has 0 radical (unpaired) electrons. The minimum absolute atomic E-state index is 0.0475. The quantitative estimate of drug-likeness (QED) is 0.0229. The molecule has 0 spiro atoms. The van der Waals surface area contributed by atoms with Gasteiger partial charge in [-0.15, -0.1) is 0 Å². The molecule has 8 aromatic rings. The molecule has 4 aromatic carbocycles. The Morgan fingerprint density at radius 2 is 0.777 bits per heavy atom. The number of amides is 2. The summed E-state index contributed by atoms with van der Waals surface area (Å²) in [6.07, 6.45) is 12.4. The molecule has 0 saturated heterocycles. The number of carboxylic acids is 6. The van der Waals surface area contributed by atoms with Crippen LogP contribution in [0.5, 0.6) is 23.0 Å². The number of aromatic nitrogens is 6. The lowest BCUT2D eigenvalue weighted by Gasteiger charge is -2.12. The van der Waals surface area contributed by atoms with Gasteiger partial charge in [0.15, 0.2) is 0 Å². The van der Waals surface area contributed by atoms with Crippen molar-refractivity contribution in [1.29, 1.82) is 0 Å². The zero-order chi connectivity index (χ0) is 69.0. The number of aryl methyl sites for hydroxylation is 4. The largest absolute Gasteiger partial charge is 0.481 e. The van der Waals surface area contributed by atoms with Crippen LogP contribution in [0.2, 0.25) is 0 Å². The van der Waals surface area contributed by atoms with Crippen LogP contribution in [-0.2, 0) is 47.8 Å². The fourth-order valence-electron chi connectivity index (χ4n) is 7.54.